The largest absolute Gasteiger partial charge is 0.355 e. The molecule has 1 atom stereocenters. The summed E-state index contributed by atoms with van der Waals surface area (Å²) in [5.41, 5.74) is 7.60. The van der Waals surface area contributed by atoms with Crippen LogP contribution in [0.15, 0.2) is 36.4 Å². The van der Waals surface area contributed by atoms with Gasteiger partial charge in [-0.05, 0) is 59.7 Å². The van der Waals surface area contributed by atoms with Crippen molar-refractivity contribution in [1.29, 1.82) is 0 Å². The second kappa shape index (κ2) is 5.16. The van der Waals surface area contributed by atoms with Crippen LogP contribution in [0.1, 0.15) is 48.4 Å². The Morgan fingerprint density at radius 1 is 0.950 bits per heavy atom. The molecule has 20 heavy (non-hydrogen) atoms. The van der Waals surface area contributed by atoms with Gasteiger partial charge in [0.1, 0.15) is 0 Å². The van der Waals surface area contributed by atoms with E-state index in [2.05, 4.69) is 74.6 Å². The van der Waals surface area contributed by atoms with Crippen LogP contribution in [0.4, 0.5) is 11.4 Å². The van der Waals surface area contributed by atoms with E-state index in [0.717, 1.165) is 0 Å². The summed E-state index contributed by atoms with van der Waals surface area (Å²) in [7, 11) is 0. The molecule has 3 rings (SSSR count). The lowest BCUT2D eigenvalue weighted by atomic mass is 9.96. The van der Waals surface area contributed by atoms with Crippen LogP contribution >= 0.6 is 0 Å². The van der Waals surface area contributed by atoms with Crippen LogP contribution in [0.3, 0.4) is 0 Å². The summed E-state index contributed by atoms with van der Waals surface area (Å²) >= 11 is 0. The Bertz CT molecular complexity index is 667. The molecule has 0 aliphatic carbocycles. The number of benzene rings is 2. The van der Waals surface area contributed by atoms with E-state index in [1.807, 2.05) is 0 Å². The summed E-state index contributed by atoms with van der Waals surface area (Å²) < 4.78 is 0. The molecule has 1 nitrogen and oxygen atoms in total. The first-order chi connectivity index (χ1) is 9.67. The van der Waals surface area contributed by atoms with Crippen LogP contribution in [0.2, 0.25) is 0 Å². The molecule has 1 heterocycles. The molecule has 102 valence electrons. The van der Waals surface area contributed by atoms with Crippen molar-refractivity contribution in [2.75, 3.05) is 5.32 Å². The fourth-order valence-electron chi connectivity index (χ4n) is 2.62. The lowest BCUT2D eigenvalue weighted by molar-refractivity contribution is 0.733. The maximum absolute atomic E-state index is 3.57. The van der Waals surface area contributed by atoms with Gasteiger partial charge in [-0.2, -0.15) is 0 Å². The minimum Gasteiger partial charge on any atom is -0.355 e. The van der Waals surface area contributed by atoms with E-state index in [0.29, 0.717) is 5.92 Å². The van der Waals surface area contributed by atoms with Crippen LogP contribution in [0, 0.1) is 6.92 Å². The fraction of sp³-hybridized carbons (Fsp3) is 0.263. The highest BCUT2D eigenvalue weighted by Gasteiger charge is 2.11. The van der Waals surface area contributed by atoms with Gasteiger partial charge >= 0.3 is 0 Å². The molecule has 0 bridgehead atoms. The van der Waals surface area contributed by atoms with Gasteiger partial charge in [0.15, 0.2) is 0 Å². The molecule has 0 radical (unpaired) electrons. The Kier molecular flexibility index (Phi) is 3.35. The quantitative estimate of drug-likeness (QED) is 0.622. The smallest absolute Gasteiger partial charge is 0.0460 e. The number of fused-ring (bicyclic) bond motifs is 2. The van der Waals surface area contributed by atoms with Crippen LogP contribution in [0.25, 0.3) is 12.2 Å². The lowest BCUT2D eigenvalue weighted by Crippen LogP contribution is -1.97. The Balaban J connectivity index is 2.04. The first-order valence-electron chi connectivity index (χ1n) is 7.37. The number of anilines is 2. The third-order valence-corrected chi connectivity index (χ3v) is 4.18. The summed E-state index contributed by atoms with van der Waals surface area (Å²) in [5.74, 6) is 0.613. The Hall–Kier alpha value is -2.02. The lowest BCUT2D eigenvalue weighted by Gasteiger charge is -2.14. The molecule has 0 aromatic heterocycles. The first-order valence-corrected chi connectivity index (χ1v) is 7.37. The van der Waals surface area contributed by atoms with Gasteiger partial charge in [-0.15, -0.1) is 0 Å². The zero-order valence-corrected chi connectivity index (χ0v) is 12.4. The third-order valence-electron chi connectivity index (χ3n) is 4.18. The topological polar surface area (TPSA) is 12.0 Å². The molecule has 0 saturated carbocycles. The normalized spacial score (nSPS) is 13.9. The number of hydrogen-bond acceptors (Lipinski definition) is 1. The van der Waals surface area contributed by atoms with E-state index in [4.69, 9.17) is 0 Å². The van der Waals surface area contributed by atoms with E-state index in [9.17, 15) is 0 Å². The van der Waals surface area contributed by atoms with Gasteiger partial charge in [0.2, 0.25) is 0 Å². The SMILES string of the molecule is CCC(C)c1ccc2c(c1)C=Cc1ccc(C)cc1N2. The summed E-state index contributed by atoms with van der Waals surface area (Å²) in [5, 5.41) is 3.57. The van der Waals surface area contributed by atoms with Gasteiger partial charge in [-0.3, -0.25) is 0 Å². The molecule has 1 N–H and O–H groups in total. The molecule has 0 saturated heterocycles. The van der Waals surface area contributed by atoms with Crippen molar-refractivity contribution >= 4 is 23.5 Å². The molecule has 0 fully saturated rings. The third kappa shape index (κ3) is 2.36. The average molecular weight is 263 g/mol. The maximum atomic E-state index is 3.57. The zero-order valence-electron chi connectivity index (χ0n) is 12.4. The van der Waals surface area contributed by atoms with E-state index in [1.54, 1.807) is 0 Å². The van der Waals surface area contributed by atoms with Crippen molar-refractivity contribution in [3.05, 3.63) is 58.7 Å². The van der Waals surface area contributed by atoms with Crippen molar-refractivity contribution < 1.29 is 0 Å². The van der Waals surface area contributed by atoms with Crippen molar-refractivity contribution in [3.8, 4) is 0 Å². The highest BCUT2D eigenvalue weighted by molar-refractivity contribution is 5.87. The Morgan fingerprint density at radius 3 is 2.55 bits per heavy atom. The van der Waals surface area contributed by atoms with Crippen LogP contribution in [0.5, 0.6) is 0 Å². The van der Waals surface area contributed by atoms with Gasteiger partial charge in [0.05, 0.1) is 0 Å². The molecule has 1 unspecified atom stereocenters. The van der Waals surface area contributed by atoms with E-state index in [-0.39, 0.29) is 0 Å². The van der Waals surface area contributed by atoms with Crippen LogP contribution in [-0.2, 0) is 0 Å². The minimum absolute atomic E-state index is 0.613. The summed E-state index contributed by atoms with van der Waals surface area (Å²) in [6.45, 7) is 6.65. The molecular weight excluding hydrogens is 242 g/mol. The van der Waals surface area contributed by atoms with E-state index >= 15 is 0 Å². The maximum Gasteiger partial charge on any atom is 0.0460 e. The van der Waals surface area contributed by atoms with Gasteiger partial charge < -0.3 is 5.32 Å². The van der Waals surface area contributed by atoms with Gasteiger partial charge in [-0.25, -0.2) is 0 Å². The predicted molar refractivity (Wildman–Crippen MR) is 88.5 cm³/mol. The van der Waals surface area contributed by atoms with E-state index in [1.165, 1.54) is 40.0 Å². The highest BCUT2D eigenvalue weighted by Crippen LogP contribution is 2.33. The minimum atomic E-state index is 0.613. The molecule has 0 spiro atoms. The molecule has 1 aliphatic rings. The molecular formula is C19H21N. The van der Waals surface area contributed by atoms with Gasteiger partial charge in [0.25, 0.3) is 0 Å². The highest BCUT2D eigenvalue weighted by atomic mass is 14.9. The monoisotopic (exact) mass is 263 g/mol. The summed E-state index contributed by atoms with van der Waals surface area (Å²) in [6, 6.07) is 13.3. The van der Waals surface area contributed by atoms with Crippen LogP contribution < -0.4 is 5.32 Å². The number of rotatable bonds is 2. The Morgan fingerprint density at radius 2 is 1.75 bits per heavy atom. The van der Waals surface area contributed by atoms with Crippen LogP contribution in [-0.4, -0.2) is 0 Å². The summed E-state index contributed by atoms with van der Waals surface area (Å²) in [4.78, 5) is 0. The fourth-order valence-corrected chi connectivity index (χ4v) is 2.62. The van der Waals surface area contributed by atoms with Crippen molar-refractivity contribution in [2.24, 2.45) is 0 Å². The van der Waals surface area contributed by atoms with Crippen molar-refractivity contribution in [2.45, 2.75) is 33.1 Å². The first kappa shape index (κ1) is 13.0. The number of nitrogens with one attached hydrogen (secondary N) is 1. The predicted octanol–water partition coefficient (Wildman–Crippen LogP) is 5.74. The van der Waals surface area contributed by atoms with E-state index < -0.39 is 0 Å². The van der Waals surface area contributed by atoms with Crippen molar-refractivity contribution in [3.63, 3.8) is 0 Å². The second-order valence-electron chi connectivity index (χ2n) is 5.71. The number of hydrogen-bond donors (Lipinski definition) is 1. The van der Waals surface area contributed by atoms with Gasteiger partial charge in [-0.1, -0.05) is 44.2 Å². The summed E-state index contributed by atoms with van der Waals surface area (Å²) in [6.07, 6.45) is 5.60. The average Bonchev–Trinajstić information content (AvgIpc) is 2.64. The molecule has 0 amide bonds. The number of aryl methyl sites for hydroxylation is 1. The zero-order chi connectivity index (χ0) is 14.1. The van der Waals surface area contributed by atoms with Crippen molar-refractivity contribution in [1.82, 2.24) is 0 Å². The standard InChI is InChI=1S/C19H21N/c1-4-14(3)16-9-10-18-17(12-16)8-7-15-6-5-13(2)11-19(15)20-18/h5-12,14,20H,4H2,1-3H3. The molecule has 1 heteroatoms. The Labute approximate surface area is 121 Å². The molecule has 1 aliphatic heterocycles. The van der Waals surface area contributed by atoms with Gasteiger partial charge in [0, 0.05) is 11.4 Å². The second-order valence-corrected chi connectivity index (χ2v) is 5.71. The molecule has 2 aromatic rings. The molecule has 2 aromatic carbocycles.